The highest BCUT2D eigenvalue weighted by atomic mass is 16.5. The molecule has 1 atom stereocenters. The van der Waals surface area contributed by atoms with Crippen LogP contribution in [0.1, 0.15) is 18.2 Å². The maximum Gasteiger partial charge on any atom is 0.228 e. The number of morpholine rings is 1. The molecule has 1 aliphatic heterocycles. The van der Waals surface area contributed by atoms with Crippen molar-refractivity contribution in [3.63, 3.8) is 0 Å². The molecule has 0 saturated carbocycles. The first-order chi connectivity index (χ1) is 10.5. The van der Waals surface area contributed by atoms with Crippen LogP contribution in [-0.4, -0.2) is 50.1 Å². The third-order valence-electron chi connectivity index (χ3n) is 4.04. The summed E-state index contributed by atoms with van der Waals surface area (Å²) in [5.41, 5.74) is 1.28. The van der Waals surface area contributed by atoms with E-state index in [9.17, 15) is 4.79 Å². The Morgan fingerprint density at radius 2 is 2.23 bits per heavy atom. The Bertz CT molecular complexity index is 677. The highest BCUT2D eigenvalue weighted by Crippen LogP contribution is 2.29. The molecule has 0 radical (unpaired) electrons. The summed E-state index contributed by atoms with van der Waals surface area (Å²) in [5.74, 6) is 0.0807. The second-order valence-corrected chi connectivity index (χ2v) is 5.95. The summed E-state index contributed by atoms with van der Waals surface area (Å²) < 4.78 is 9.39. The Morgan fingerprint density at radius 1 is 1.41 bits per heavy atom. The van der Waals surface area contributed by atoms with Crippen molar-refractivity contribution in [3.8, 4) is 0 Å². The van der Waals surface area contributed by atoms with Crippen LogP contribution in [0.25, 0.3) is 0 Å². The van der Waals surface area contributed by atoms with Crippen molar-refractivity contribution in [2.45, 2.75) is 18.9 Å². The van der Waals surface area contributed by atoms with Crippen molar-refractivity contribution in [2.24, 2.45) is 14.1 Å². The predicted octanol–water partition coefficient (Wildman–Crippen LogP) is 0.470. The fourth-order valence-corrected chi connectivity index (χ4v) is 2.78. The molecule has 22 heavy (non-hydrogen) atoms. The van der Waals surface area contributed by atoms with E-state index >= 15 is 0 Å². The number of aryl methyl sites for hydroxylation is 2. The quantitative estimate of drug-likeness (QED) is 0.827. The fourth-order valence-electron chi connectivity index (χ4n) is 2.78. The second-order valence-electron chi connectivity index (χ2n) is 5.95. The van der Waals surface area contributed by atoms with E-state index in [1.807, 2.05) is 44.4 Å². The van der Waals surface area contributed by atoms with Gasteiger partial charge in [-0.1, -0.05) is 0 Å². The van der Waals surface area contributed by atoms with Gasteiger partial charge in [0.15, 0.2) is 0 Å². The average Bonchev–Trinajstić information content (AvgIpc) is 3.08. The maximum absolute atomic E-state index is 12.5. The monoisotopic (exact) mass is 303 g/mol. The Hall–Kier alpha value is -2.15. The molecule has 118 valence electrons. The number of carbonyl (C=O) groups is 1. The topological polar surface area (TPSA) is 65.2 Å². The van der Waals surface area contributed by atoms with Crippen molar-refractivity contribution in [1.82, 2.24) is 24.5 Å². The van der Waals surface area contributed by atoms with Crippen LogP contribution in [0.3, 0.4) is 0 Å². The lowest BCUT2D eigenvalue weighted by atomic mass is 9.96. The van der Waals surface area contributed by atoms with Gasteiger partial charge in [0.2, 0.25) is 5.91 Å². The zero-order chi connectivity index (χ0) is 15.7. The Morgan fingerprint density at radius 3 is 2.86 bits per heavy atom. The summed E-state index contributed by atoms with van der Waals surface area (Å²) in [7, 11) is 3.72. The third kappa shape index (κ3) is 2.89. The van der Waals surface area contributed by atoms with E-state index in [2.05, 4.69) is 10.2 Å². The maximum atomic E-state index is 12.5. The van der Waals surface area contributed by atoms with Gasteiger partial charge in [0, 0.05) is 38.6 Å². The van der Waals surface area contributed by atoms with Crippen LogP contribution in [0.2, 0.25) is 0 Å². The molecular formula is C15H21N5O2. The van der Waals surface area contributed by atoms with Gasteiger partial charge in [0.25, 0.3) is 0 Å². The van der Waals surface area contributed by atoms with E-state index in [0.717, 1.165) is 11.3 Å². The lowest BCUT2D eigenvalue weighted by Gasteiger charge is -2.40. The first-order valence-corrected chi connectivity index (χ1v) is 7.36. The van der Waals surface area contributed by atoms with Crippen molar-refractivity contribution in [2.75, 3.05) is 19.7 Å². The Kier molecular flexibility index (Phi) is 3.74. The average molecular weight is 303 g/mol. The van der Waals surface area contributed by atoms with Gasteiger partial charge in [0.1, 0.15) is 5.60 Å². The molecule has 0 spiro atoms. The summed E-state index contributed by atoms with van der Waals surface area (Å²) >= 11 is 0. The minimum atomic E-state index is -0.508. The molecule has 1 fully saturated rings. The van der Waals surface area contributed by atoms with Gasteiger partial charge < -0.3 is 9.64 Å². The number of hydrogen-bond acceptors (Lipinski definition) is 4. The minimum absolute atomic E-state index is 0.0807. The van der Waals surface area contributed by atoms with Gasteiger partial charge >= 0.3 is 0 Å². The van der Waals surface area contributed by atoms with E-state index in [1.165, 1.54) is 0 Å². The van der Waals surface area contributed by atoms with Gasteiger partial charge in [-0.3, -0.25) is 14.2 Å². The molecule has 1 amide bonds. The molecule has 7 heteroatoms. The second kappa shape index (κ2) is 5.57. The van der Waals surface area contributed by atoms with Gasteiger partial charge in [-0.05, 0) is 13.0 Å². The summed E-state index contributed by atoms with van der Waals surface area (Å²) in [6, 6.07) is 1.87. The van der Waals surface area contributed by atoms with Gasteiger partial charge in [0.05, 0.1) is 31.5 Å². The van der Waals surface area contributed by atoms with Crippen LogP contribution in [0.4, 0.5) is 0 Å². The molecule has 0 bridgehead atoms. The molecule has 7 nitrogen and oxygen atoms in total. The van der Waals surface area contributed by atoms with Crippen LogP contribution < -0.4 is 0 Å². The standard InChI is InChI=1S/C15H21N5O2/c1-15(12-9-16-19(3)10-12)11-20(6-7-22-15)14(21)8-13-4-5-18(2)17-13/h4-5,9-10H,6-8,11H2,1-3H3. The highest BCUT2D eigenvalue weighted by molar-refractivity contribution is 5.78. The minimum Gasteiger partial charge on any atom is -0.367 e. The first-order valence-electron chi connectivity index (χ1n) is 7.36. The smallest absolute Gasteiger partial charge is 0.228 e. The van der Waals surface area contributed by atoms with Crippen molar-refractivity contribution < 1.29 is 9.53 Å². The van der Waals surface area contributed by atoms with Crippen LogP contribution in [0, 0.1) is 0 Å². The molecule has 3 rings (SSSR count). The van der Waals surface area contributed by atoms with Crippen molar-refractivity contribution >= 4 is 5.91 Å². The molecule has 0 N–H and O–H groups in total. The normalized spacial score (nSPS) is 22.0. The summed E-state index contributed by atoms with van der Waals surface area (Å²) in [4.78, 5) is 14.4. The number of carbonyl (C=O) groups excluding carboxylic acids is 1. The highest BCUT2D eigenvalue weighted by Gasteiger charge is 2.36. The van der Waals surface area contributed by atoms with Crippen LogP contribution in [0.15, 0.2) is 24.7 Å². The van der Waals surface area contributed by atoms with E-state index in [-0.39, 0.29) is 5.91 Å². The molecule has 1 unspecified atom stereocenters. The van der Waals surface area contributed by atoms with E-state index in [0.29, 0.717) is 26.1 Å². The molecule has 3 heterocycles. The molecule has 1 aliphatic rings. The van der Waals surface area contributed by atoms with Gasteiger partial charge in [-0.25, -0.2) is 0 Å². The molecule has 0 aliphatic carbocycles. The number of aromatic nitrogens is 4. The summed E-state index contributed by atoms with van der Waals surface area (Å²) in [6.45, 7) is 3.68. The molecule has 1 saturated heterocycles. The van der Waals surface area contributed by atoms with Crippen molar-refractivity contribution in [3.05, 3.63) is 35.9 Å². The predicted molar refractivity (Wildman–Crippen MR) is 80.0 cm³/mol. The van der Waals surface area contributed by atoms with Crippen LogP contribution in [0.5, 0.6) is 0 Å². The van der Waals surface area contributed by atoms with E-state index in [1.54, 1.807) is 15.6 Å². The van der Waals surface area contributed by atoms with E-state index in [4.69, 9.17) is 4.74 Å². The van der Waals surface area contributed by atoms with Crippen LogP contribution >= 0.6 is 0 Å². The van der Waals surface area contributed by atoms with Crippen LogP contribution in [-0.2, 0) is 35.6 Å². The van der Waals surface area contributed by atoms with Gasteiger partial charge in [-0.15, -0.1) is 0 Å². The van der Waals surface area contributed by atoms with E-state index < -0.39 is 5.60 Å². The van der Waals surface area contributed by atoms with Crippen molar-refractivity contribution in [1.29, 1.82) is 0 Å². The lowest BCUT2D eigenvalue weighted by Crippen LogP contribution is -2.50. The number of hydrogen-bond donors (Lipinski definition) is 0. The molecule has 0 aromatic carbocycles. The SMILES string of the molecule is Cn1cc(C2(C)CN(C(=O)Cc3ccn(C)n3)CCO2)cn1. The molecular weight excluding hydrogens is 282 g/mol. The van der Waals surface area contributed by atoms with Gasteiger partial charge in [-0.2, -0.15) is 10.2 Å². The summed E-state index contributed by atoms with van der Waals surface area (Å²) in [6.07, 6.45) is 5.91. The molecule has 2 aromatic heterocycles. The zero-order valence-electron chi connectivity index (χ0n) is 13.2. The lowest BCUT2D eigenvalue weighted by molar-refractivity contribution is -0.149. The summed E-state index contributed by atoms with van der Waals surface area (Å²) in [5, 5.41) is 8.47. The Balaban J connectivity index is 1.71. The third-order valence-corrected chi connectivity index (χ3v) is 4.04. The number of nitrogens with zero attached hydrogens (tertiary/aromatic N) is 5. The zero-order valence-corrected chi connectivity index (χ0v) is 13.2. The first kappa shape index (κ1) is 14.8. The number of ether oxygens (including phenoxy) is 1. The largest absolute Gasteiger partial charge is 0.367 e. The number of amides is 1. The number of rotatable bonds is 3. The Labute approximate surface area is 129 Å². The molecule has 2 aromatic rings. The fraction of sp³-hybridized carbons (Fsp3) is 0.533.